The average Bonchev–Trinajstić information content (AvgIpc) is 2.56. The van der Waals surface area contributed by atoms with Crippen LogP contribution in [0, 0.1) is 0 Å². The Kier molecular flexibility index (Phi) is 5.98. The van der Waals surface area contributed by atoms with Crippen molar-refractivity contribution in [2.24, 2.45) is 0 Å². The molecule has 0 aromatic heterocycles. The van der Waals surface area contributed by atoms with E-state index in [2.05, 4.69) is 10.6 Å². The third-order valence-electron chi connectivity index (χ3n) is 3.57. The third-order valence-corrected chi connectivity index (χ3v) is 3.57. The van der Waals surface area contributed by atoms with E-state index in [9.17, 15) is 9.90 Å². The second-order valence-corrected chi connectivity index (χ2v) is 5.23. The van der Waals surface area contributed by atoms with E-state index in [4.69, 9.17) is 0 Å². The first-order valence-electron chi connectivity index (χ1n) is 7.48. The topological polar surface area (TPSA) is 61.4 Å². The summed E-state index contributed by atoms with van der Waals surface area (Å²) in [6.45, 7) is 1.96. The molecule has 0 radical (unpaired) electrons. The van der Waals surface area contributed by atoms with Crippen LogP contribution in [0.1, 0.15) is 36.6 Å². The predicted octanol–water partition coefficient (Wildman–Crippen LogP) is 3.17. The molecule has 116 valence electrons. The summed E-state index contributed by atoms with van der Waals surface area (Å²) in [6.07, 6.45) is 0.483. The summed E-state index contributed by atoms with van der Waals surface area (Å²) in [5.41, 5.74) is 2.04. The van der Waals surface area contributed by atoms with Crippen LogP contribution < -0.4 is 10.6 Å². The van der Waals surface area contributed by atoms with Gasteiger partial charge in [-0.25, -0.2) is 4.79 Å². The summed E-state index contributed by atoms with van der Waals surface area (Å²) < 4.78 is 0. The van der Waals surface area contributed by atoms with Crippen LogP contribution in [0.3, 0.4) is 0 Å². The largest absolute Gasteiger partial charge is 0.396 e. The van der Waals surface area contributed by atoms with E-state index in [-0.39, 0.29) is 24.7 Å². The lowest BCUT2D eigenvalue weighted by Gasteiger charge is -2.21. The summed E-state index contributed by atoms with van der Waals surface area (Å²) in [5.74, 6) is 0. The van der Waals surface area contributed by atoms with E-state index in [0.717, 1.165) is 11.1 Å². The van der Waals surface area contributed by atoms with Crippen molar-refractivity contribution in [2.75, 3.05) is 6.61 Å². The van der Waals surface area contributed by atoms with Crippen LogP contribution in [0.2, 0.25) is 0 Å². The molecule has 4 heteroatoms. The summed E-state index contributed by atoms with van der Waals surface area (Å²) in [6, 6.07) is 19.0. The number of carbonyl (C=O) groups excluding carboxylic acids is 1. The molecule has 0 aliphatic rings. The molecular weight excluding hydrogens is 276 g/mol. The van der Waals surface area contributed by atoms with Crippen LogP contribution >= 0.6 is 0 Å². The minimum Gasteiger partial charge on any atom is -0.396 e. The number of hydrogen-bond acceptors (Lipinski definition) is 2. The molecule has 0 spiro atoms. The van der Waals surface area contributed by atoms with Gasteiger partial charge in [-0.05, 0) is 24.5 Å². The molecule has 0 bridgehead atoms. The maximum Gasteiger partial charge on any atom is 0.315 e. The molecule has 2 aromatic carbocycles. The fourth-order valence-electron chi connectivity index (χ4n) is 2.36. The summed E-state index contributed by atoms with van der Waals surface area (Å²) in [5, 5.41) is 15.0. The molecule has 0 fully saturated rings. The zero-order valence-electron chi connectivity index (χ0n) is 12.7. The van der Waals surface area contributed by atoms with Gasteiger partial charge in [-0.3, -0.25) is 0 Å². The van der Waals surface area contributed by atoms with Gasteiger partial charge >= 0.3 is 6.03 Å². The number of carbonyl (C=O) groups is 1. The molecule has 2 rings (SSSR count). The average molecular weight is 298 g/mol. The van der Waals surface area contributed by atoms with Crippen molar-refractivity contribution < 1.29 is 9.90 Å². The van der Waals surface area contributed by atoms with E-state index in [1.165, 1.54) is 0 Å². The summed E-state index contributed by atoms with van der Waals surface area (Å²) in [7, 11) is 0. The third kappa shape index (κ3) is 4.60. The van der Waals surface area contributed by atoms with Gasteiger partial charge in [-0.1, -0.05) is 60.7 Å². The normalized spacial score (nSPS) is 13.2. The van der Waals surface area contributed by atoms with E-state index >= 15 is 0 Å². The first-order valence-corrected chi connectivity index (χ1v) is 7.48. The molecule has 2 amide bonds. The Morgan fingerprint density at radius 3 is 2.05 bits per heavy atom. The van der Waals surface area contributed by atoms with Crippen molar-refractivity contribution in [1.82, 2.24) is 10.6 Å². The molecule has 2 atom stereocenters. The fourth-order valence-corrected chi connectivity index (χ4v) is 2.36. The lowest BCUT2D eigenvalue weighted by Crippen LogP contribution is -2.39. The van der Waals surface area contributed by atoms with Gasteiger partial charge in [0.25, 0.3) is 0 Å². The van der Waals surface area contributed by atoms with Gasteiger partial charge in [0.2, 0.25) is 0 Å². The lowest BCUT2D eigenvalue weighted by atomic mass is 10.0. The molecular formula is C18H22N2O2. The minimum atomic E-state index is -0.237. The van der Waals surface area contributed by atoms with Crippen molar-refractivity contribution in [3.05, 3.63) is 71.8 Å². The zero-order valence-corrected chi connectivity index (χ0v) is 12.7. The molecule has 0 saturated heterocycles. The minimum absolute atomic E-state index is 0.0219. The smallest absolute Gasteiger partial charge is 0.315 e. The number of amides is 2. The number of nitrogens with one attached hydrogen (secondary N) is 2. The van der Waals surface area contributed by atoms with E-state index in [1.54, 1.807) is 0 Å². The van der Waals surface area contributed by atoms with Gasteiger partial charge in [0.05, 0.1) is 12.1 Å². The van der Waals surface area contributed by atoms with Crippen LogP contribution in [-0.4, -0.2) is 17.7 Å². The highest BCUT2D eigenvalue weighted by atomic mass is 16.3. The molecule has 0 heterocycles. The molecule has 2 aromatic rings. The van der Waals surface area contributed by atoms with E-state index < -0.39 is 0 Å². The monoisotopic (exact) mass is 298 g/mol. The van der Waals surface area contributed by atoms with Crippen molar-refractivity contribution in [2.45, 2.75) is 25.4 Å². The van der Waals surface area contributed by atoms with Crippen molar-refractivity contribution >= 4 is 6.03 Å². The molecule has 3 N–H and O–H groups in total. The Bertz CT molecular complexity index is 572. The van der Waals surface area contributed by atoms with E-state index in [0.29, 0.717) is 6.42 Å². The van der Waals surface area contributed by atoms with Crippen molar-refractivity contribution in [3.8, 4) is 0 Å². The quantitative estimate of drug-likeness (QED) is 0.767. The Labute approximate surface area is 131 Å². The summed E-state index contributed by atoms with van der Waals surface area (Å²) in [4.78, 5) is 12.2. The first kappa shape index (κ1) is 16.0. The SMILES string of the molecule is CC(NC(=O)N[C@H](CCO)c1ccccc1)c1ccccc1. The van der Waals surface area contributed by atoms with Gasteiger partial charge in [-0.2, -0.15) is 0 Å². The molecule has 0 saturated carbocycles. The molecule has 0 aliphatic carbocycles. The Morgan fingerprint density at radius 1 is 0.955 bits per heavy atom. The number of aliphatic hydroxyl groups is 1. The van der Waals surface area contributed by atoms with E-state index in [1.807, 2.05) is 67.6 Å². The number of rotatable bonds is 6. The van der Waals surface area contributed by atoms with Gasteiger partial charge in [0, 0.05) is 6.61 Å². The molecule has 1 unspecified atom stereocenters. The first-order chi connectivity index (χ1) is 10.7. The number of benzene rings is 2. The highest BCUT2D eigenvalue weighted by Gasteiger charge is 2.15. The molecule has 22 heavy (non-hydrogen) atoms. The highest BCUT2D eigenvalue weighted by Crippen LogP contribution is 2.16. The number of hydrogen-bond donors (Lipinski definition) is 3. The van der Waals surface area contributed by atoms with Gasteiger partial charge in [0.15, 0.2) is 0 Å². The maximum absolute atomic E-state index is 12.2. The molecule has 4 nitrogen and oxygen atoms in total. The Morgan fingerprint density at radius 2 is 1.50 bits per heavy atom. The second kappa shape index (κ2) is 8.20. The van der Waals surface area contributed by atoms with Crippen molar-refractivity contribution in [3.63, 3.8) is 0 Å². The number of urea groups is 1. The highest BCUT2D eigenvalue weighted by molar-refractivity contribution is 5.75. The van der Waals surface area contributed by atoms with Crippen LogP contribution in [0.5, 0.6) is 0 Å². The zero-order chi connectivity index (χ0) is 15.8. The van der Waals surface area contributed by atoms with Crippen LogP contribution in [0.25, 0.3) is 0 Å². The van der Waals surface area contributed by atoms with Gasteiger partial charge in [0.1, 0.15) is 0 Å². The predicted molar refractivity (Wildman–Crippen MR) is 87.4 cm³/mol. The number of aliphatic hydroxyl groups excluding tert-OH is 1. The molecule has 0 aliphatic heterocycles. The second-order valence-electron chi connectivity index (χ2n) is 5.23. The van der Waals surface area contributed by atoms with Crippen LogP contribution in [-0.2, 0) is 0 Å². The fraction of sp³-hybridized carbons (Fsp3) is 0.278. The van der Waals surface area contributed by atoms with Gasteiger partial charge < -0.3 is 15.7 Å². The summed E-state index contributed by atoms with van der Waals surface area (Å²) >= 11 is 0. The Balaban J connectivity index is 1.97. The Hall–Kier alpha value is -2.33. The van der Waals surface area contributed by atoms with Crippen LogP contribution in [0.4, 0.5) is 4.79 Å². The maximum atomic E-state index is 12.2. The van der Waals surface area contributed by atoms with Gasteiger partial charge in [-0.15, -0.1) is 0 Å². The lowest BCUT2D eigenvalue weighted by molar-refractivity contribution is 0.226. The van der Waals surface area contributed by atoms with Crippen LogP contribution in [0.15, 0.2) is 60.7 Å². The van der Waals surface area contributed by atoms with Crippen molar-refractivity contribution in [1.29, 1.82) is 0 Å². The standard InChI is InChI=1S/C18H22N2O2/c1-14(15-8-4-2-5-9-15)19-18(22)20-17(12-13-21)16-10-6-3-7-11-16/h2-11,14,17,21H,12-13H2,1H3,(H2,19,20,22)/t14?,17-/m1/s1.